The lowest BCUT2D eigenvalue weighted by Crippen LogP contribution is -2.26. The third-order valence-corrected chi connectivity index (χ3v) is 3.35. The summed E-state index contributed by atoms with van der Waals surface area (Å²) in [5.74, 6) is -0.178. The van der Waals surface area contributed by atoms with E-state index in [1.807, 2.05) is 31.2 Å². The van der Waals surface area contributed by atoms with Gasteiger partial charge in [-0.05, 0) is 24.6 Å². The maximum Gasteiger partial charge on any atom is 0.255 e. The highest BCUT2D eigenvalue weighted by molar-refractivity contribution is 6.00. The summed E-state index contributed by atoms with van der Waals surface area (Å²) in [6.07, 6.45) is 6.49. The van der Waals surface area contributed by atoms with E-state index >= 15 is 0 Å². The van der Waals surface area contributed by atoms with Crippen LogP contribution < -0.4 is 11.1 Å². The Morgan fingerprint density at radius 3 is 2.81 bits per heavy atom. The minimum atomic E-state index is -0.178. The molecule has 0 fully saturated rings. The fraction of sp³-hybridized carbons (Fsp3) is 0.133. The molecule has 0 aliphatic rings. The molecule has 0 saturated heterocycles. The van der Waals surface area contributed by atoms with Crippen molar-refractivity contribution in [1.29, 1.82) is 0 Å². The highest BCUT2D eigenvalue weighted by Crippen LogP contribution is 2.16. The van der Waals surface area contributed by atoms with E-state index in [4.69, 9.17) is 5.73 Å². The van der Waals surface area contributed by atoms with Crippen LogP contribution in [0.5, 0.6) is 0 Å². The highest BCUT2D eigenvalue weighted by Gasteiger charge is 2.15. The maximum atomic E-state index is 12.4. The Morgan fingerprint density at radius 2 is 2.05 bits per heavy atom. The minimum Gasteiger partial charge on any atom is -0.399 e. The van der Waals surface area contributed by atoms with Crippen molar-refractivity contribution in [2.75, 3.05) is 5.73 Å². The second-order valence-electron chi connectivity index (χ2n) is 4.83. The van der Waals surface area contributed by atoms with Gasteiger partial charge in [0, 0.05) is 18.1 Å². The van der Waals surface area contributed by atoms with Crippen molar-refractivity contribution in [3.63, 3.8) is 0 Å². The van der Waals surface area contributed by atoms with E-state index in [1.54, 1.807) is 29.3 Å². The van der Waals surface area contributed by atoms with Crippen LogP contribution in [0.2, 0.25) is 0 Å². The van der Waals surface area contributed by atoms with E-state index in [2.05, 4.69) is 15.4 Å². The van der Waals surface area contributed by atoms with Gasteiger partial charge in [-0.15, -0.1) is 0 Å². The van der Waals surface area contributed by atoms with Gasteiger partial charge >= 0.3 is 0 Å². The molecule has 0 saturated carbocycles. The predicted molar refractivity (Wildman–Crippen MR) is 79.7 cm³/mol. The van der Waals surface area contributed by atoms with E-state index in [-0.39, 0.29) is 11.9 Å². The van der Waals surface area contributed by atoms with Crippen LogP contribution in [-0.4, -0.2) is 20.5 Å². The zero-order valence-electron chi connectivity index (χ0n) is 11.5. The van der Waals surface area contributed by atoms with E-state index in [1.165, 1.54) is 0 Å². The zero-order chi connectivity index (χ0) is 14.8. The number of nitrogen functional groups attached to an aromatic ring is 1. The number of fused-ring (bicyclic) bond motifs is 1. The summed E-state index contributed by atoms with van der Waals surface area (Å²) in [5, 5.41) is 7.08. The van der Waals surface area contributed by atoms with Gasteiger partial charge in [0.15, 0.2) is 0 Å². The topological polar surface area (TPSA) is 85.3 Å². The van der Waals surface area contributed by atoms with Gasteiger partial charge in [-0.1, -0.05) is 12.1 Å². The third-order valence-electron chi connectivity index (χ3n) is 3.35. The lowest BCUT2D eigenvalue weighted by atomic mass is 10.1. The molecule has 2 heterocycles. The monoisotopic (exact) mass is 281 g/mol. The highest BCUT2D eigenvalue weighted by atomic mass is 16.1. The zero-order valence-corrected chi connectivity index (χ0v) is 11.5. The van der Waals surface area contributed by atoms with Crippen LogP contribution in [0, 0.1) is 0 Å². The summed E-state index contributed by atoms with van der Waals surface area (Å²) in [5.41, 5.74) is 8.54. The van der Waals surface area contributed by atoms with E-state index < -0.39 is 0 Å². The summed E-state index contributed by atoms with van der Waals surface area (Å²) in [6, 6.07) is 7.31. The number of aromatic nitrogens is 3. The average Bonchev–Trinajstić information content (AvgIpc) is 2.92. The quantitative estimate of drug-likeness (QED) is 0.717. The fourth-order valence-corrected chi connectivity index (χ4v) is 2.15. The molecule has 0 spiro atoms. The SMILES string of the molecule is CC(NC(=O)c1cnn2ccncc12)c1ccc(N)cc1. The van der Waals surface area contributed by atoms with Crippen LogP contribution >= 0.6 is 0 Å². The molecule has 106 valence electrons. The lowest BCUT2D eigenvalue weighted by molar-refractivity contribution is 0.0941. The lowest BCUT2D eigenvalue weighted by Gasteiger charge is -2.14. The molecule has 1 unspecified atom stereocenters. The summed E-state index contributed by atoms with van der Waals surface area (Å²) in [4.78, 5) is 16.4. The Hall–Kier alpha value is -2.89. The van der Waals surface area contributed by atoms with Crippen LogP contribution in [0.15, 0.2) is 49.1 Å². The summed E-state index contributed by atoms with van der Waals surface area (Å²) in [7, 11) is 0. The maximum absolute atomic E-state index is 12.4. The summed E-state index contributed by atoms with van der Waals surface area (Å²) < 4.78 is 1.62. The molecule has 0 radical (unpaired) electrons. The number of nitrogens with zero attached hydrogens (tertiary/aromatic N) is 3. The fourth-order valence-electron chi connectivity index (χ4n) is 2.15. The van der Waals surface area contributed by atoms with Gasteiger partial charge in [-0.3, -0.25) is 9.78 Å². The Balaban J connectivity index is 1.81. The average molecular weight is 281 g/mol. The van der Waals surface area contributed by atoms with Crippen molar-refractivity contribution in [2.24, 2.45) is 0 Å². The van der Waals surface area contributed by atoms with Crippen LogP contribution in [0.25, 0.3) is 5.52 Å². The van der Waals surface area contributed by atoms with Crippen molar-refractivity contribution in [3.8, 4) is 0 Å². The third kappa shape index (κ3) is 2.55. The van der Waals surface area contributed by atoms with E-state index in [0.717, 1.165) is 5.56 Å². The first kappa shape index (κ1) is 13.1. The number of carbonyl (C=O) groups excluding carboxylic acids is 1. The number of anilines is 1. The van der Waals surface area contributed by atoms with Crippen LogP contribution in [-0.2, 0) is 0 Å². The number of hydrogen-bond acceptors (Lipinski definition) is 4. The Bertz CT molecular complexity index is 778. The van der Waals surface area contributed by atoms with Gasteiger partial charge in [0.25, 0.3) is 5.91 Å². The molecular weight excluding hydrogens is 266 g/mol. The first-order valence-electron chi connectivity index (χ1n) is 6.59. The van der Waals surface area contributed by atoms with E-state index in [9.17, 15) is 4.79 Å². The number of hydrogen-bond donors (Lipinski definition) is 2. The molecule has 6 heteroatoms. The molecule has 3 aromatic rings. The molecule has 0 aliphatic heterocycles. The number of nitrogens with two attached hydrogens (primary N) is 1. The number of carbonyl (C=O) groups is 1. The molecule has 6 nitrogen and oxygen atoms in total. The number of rotatable bonds is 3. The molecule has 3 N–H and O–H groups in total. The molecule has 0 aliphatic carbocycles. The second-order valence-corrected chi connectivity index (χ2v) is 4.83. The van der Waals surface area contributed by atoms with Gasteiger partial charge in [-0.25, -0.2) is 4.52 Å². The Labute approximate surface area is 121 Å². The molecule has 21 heavy (non-hydrogen) atoms. The summed E-state index contributed by atoms with van der Waals surface area (Å²) in [6.45, 7) is 1.92. The molecular formula is C15H15N5O. The number of amides is 1. The number of benzene rings is 1. The normalized spacial score (nSPS) is 12.2. The molecule has 1 atom stereocenters. The molecule has 3 rings (SSSR count). The van der Waals surface area contributed by atoms with Crippen LogP contribution in [0.3, 0.4) is 0 Å². The standard InChI is InChI=1S/C15H15N5O/c1-10(11-2-4-12(16)5-3-11)19-15(21)13-8-18-20-7-6-17-9-14(13)20/h2-10H,16H2,1H3,(H,19,21). The molecule has 1 amide bonds. The van der Waals surface area contributed by atoms with Crippen LogP contribution in [0.1, 0.15) is 28.9 Å². The van der Waals surface area contributed by atoms with Crippen molar-refractivity contribution in [2.45, 2.75) is 13.0 Å². The van der Waals surface area contributed by atoms with Crippen molar-refractivity contribution in [3.05, 3.63) is 60.2 Å². The Morgan fingerprint density at radius 1 is 1.29 bits per heavy atom. The second kappa shape index (κ2) is 5.24. The Kier molecular flexibility index (Phi) is 3.27. The first-order chi connectivity index (χ1) is 10.1. The molecule has 2 aromatic heterocycles. The van der Waals surface area contributed by atoms with Gasteiger partial charge in [-0.2, -0.15) is 5.10 Å². The summed E-state index contributed by atoms with van der Waals surface area (Å²) >= 11 is 0. The van der Waals surface area contributed by atoms with Crippen LogP contribution in [0.4, 0.5) is 5.69 Å². The minimum absolute atomic E-state index is 0.121. The molecule has 0 bridgehead atoms. The first-order valence-corrected chi connectivity index (χ1v) is 6.59. The van der Waals surface area contributed by atoms with Crippen molar-refractivity contribution in [1.82, 2.24) is 19.9 Å². The number of nitrogens with one attached hydrogen (secondary N) is 1. The van der Waals surface area contributed by atoms with Gasteiger partial charge < -0.3 is 11.1 Å². The van der Waals surface area contributed by atoms with Gasteiger partial charge in [0.05, 0.1) is 29.5 Å². The van der Waals surface area contributed by atoms with Crippen molar-refractivity contribution >= 4 is 17.1 Å². The molecule has 1 aromatic carbocycles. The predicted octanol–water partition coefficient (Wildman–Crippen LogP) is 1.80. The van der Waals surface area contributed by atoms with Gasteiger partial charge in [0.1, 0.15) is 0 Å². The van der Waals surface area contributed by atoms with E-state index in [0.29, 0.717) is 16.8 Å². The largest absolute Gasteiger partial charge is 0.399 e. The van der Waals surface area contributed by atoms with Gasteiger partial charge in [0.2, 0.25) is 0 Å². The smallest absolute Gasteiger partial charge is 0.255 e. The van der Waals surface area contributed by atoms with Crippen molar-refractivity contribution < 1.29 is 4.79 Å².